The number of ether oxygens (including phenoxy) is 2. The maximum absolute atomic E-state index is 12.7. The predicted octanol–water partition coefficient (Wildman–Crippen LogP) is 13.1. The van der Waals surface area contributed by atoms with Gasteiger partial charge in [-0.15, -0.1) is 0 Å². The second-order valence-corrected chi connectivity index (χ2v) is 17.6. The van der Waals surface area contributed by atoms with Crippen molar-refractivity contribution in [2.75, 3.05) is 26.4 Å². The first kappa shape index (κ1) is 57.2. The topological polar surface area (TPSA) is 149 Å². The van der Waals surface area contributed by atoms with E-state index in [1.54, 1.807) is 0 Å². The highest BCUT2D eigenvalue weighted by Gasteiger charge is 2.27. The Bertz CT molecular complexity index is 1080. The number of hydrogen-bond donors (Lipinski definition) is 3. The van der Waals surface area contributed by atoms with Crippen molar-refractivity contribution in [2.45, 2.75) is 232 Å². The molecule has 0 aliphatic rings. The van der Waals surface area contributed by atoms with Gasteiger partial charge in [0.2, 0.25) is 0 Å². The molecule has 0 saturated carbocycles. The molecule has 3 N–H and O–H groups in total. The summed E-state index contributed by atoms with van der Waals surface area (Å²) in [5, 5.41) is 18.4. The van der Waals surface area contributed by atoms with Crippen LogP contribution in [0.2, 0.25) is 0 Å². The van der Waals surface area contributed by atoms with Crippen LogP contribution in [0.4, 0.5) is 0 Å². The molecule has 0 heterocycles. The van der Waals surface area contributed by atoms with Crippen molar-refractivity contribution < 1.29 is 47.8 Å². The molecule has 11 heteroatoms. The number of phosphoric acid groups is 1. The van der Waals surface area contributed by atoms with E-state index >= 15 is 0 Å². The van der Waals surface area contributed by atoms with Gasteiger partial charge in [-0.05, 0) is 44.9 Å². The Morgan fingerprint density at radius 2 is 0.932 bits per heavy atom. The number of carbonyl (C=O) groups is 2. The molecule has 0 fully saturated rings. The Balaban J connectivity index is 4.20. The lowest BCUT2D eigenvalue weighted by Crippen LogP contribution is -2.29. The molecule has 3 atom stereocenters. The van der Waals surface area contributed by atoms with Crippen LogP contribution < -0.4 is 0 Å². The molecule has 0 aromatic carbocycles. The van der Waals surface area contributed by atoms with E-state index in [1.807, 2.05) is 0 Å². The minimum Gasteiger partial charge on any atom is -0.462 e. The highest BCUT2D eigenvalue weighted by atomic mass is 31.2. The Labute approximate surface area is 361 Å². The van der Waals surface area contributed by atoms with E-state index in [1.165, 1.54) is 109 Å². The normalized spacial score (nSPS) is 14.1. The zero-order valence-electron chi connectivity index (χ0n) is 37.7. The predicted molar refractivity (Wildman–Crippen MR) is 242 cm³/mol. The summed E-state index contributed by atoms with van der Waals surface area (Å²) in [6.45, 7) is 2.28. The van der Waals surface area contributed by atoms with Crippen molar-refractivity contribution in [3.05, 3.63) is 36.5 Å². The zero-order chi connectivity index (χ0) is 43.3. The van der Waals surface area contributed by atoms with Crippen LogP contribution in [0.5, 0.6) is 0 Å². The van der Waals surface area contributed by atoms with Crippen molar-refractivity contribution in [1.82, 2.24) is 0 Å². The minimum absolute atomic E-state index is 0.184. The average Bonchev–Trinajstić information content (AvgIpc) is 3.22. The molecule has 0 bridgehead atoms. The third kappa shape index (κ3) is 44.1. The number of unbranched alkanes of at least 4 members (excludes halogenated alkanes) is 25. The second-order valence-electron chi connectivity index (χ2n) is 16.1. The second kappa shape index (κ2) is 44.3. The number of aliphatic hydroxyl groups excluding tert-OH is 2. The van der Waals surface area contributed by atoms with Crippen LogP contribution >= 0.6 is 7.82 Å². The SMILES string of the molecule is CC/C=C/C/C=C/C/C=C/CCCCCCCC(=O)OC[C@H](COP(=O)(O)OC[C@@H](O)CO)OC(=O)CCCCCCCCCCCCCCCCCCCCCCC. The Kier molecular flexibility index (Phi) is 42.9. The molecule has 59 heavy (non-hydrogen) atoms. The number of rotatable bonds is 45. The fraction of sp³-hybridized carbons (Fsp3) is 0.833. The van der Waals surface area contributed by atoms with Crippen molar-refractivity contribution >= 4 is 19.8 Å². The molecule has 1 unspecified atom stereocenters. The lowest BCUT2D eigenvalue weighted by Gasteiger charge is -2.20. The van der Waals surface area contributed by atoms with E-state index in [-0.39, 0.29) is 19.4 Å². The van der Waals surface area contributed by atoms with Gasteiger partial charge < -0.3 is 24.6 Å². The number of phosphoric ester groups is 1. The van der Waals surface area contributed by atoms with E-state index in [4.69, 9.17) is 23.6 Å². The summed E-state index contributed by atoms with van der Waals surface area (Å²) in [6, 6.07) is 0. The van der Waals surface area contributed by atoms with Crippen LogP contribution in [0.3, 0.4) is 0 Å². The van der Waals surface area contributed by atoms with Gasteiger partial charge in [0.25, 0.3) is 0 Å². The largest absolute Gasteiger partial charge is 0.472 e. The van der Waals surface area contributed by atoms with Gasteiger partial charge in [-0.3, -0.25) is 18.6 Å². The van der Waals surface area contributed by atoms with Gasteiger partial charge in [0, 0.05) is 12.8 Å². The number of esters is 2. The summed E-state index contributed by atoms with van der Waals surface area (Å²) >= 11 is 0. The van der Waals surface area contributed by atoms with Crippen molar-refractivity contribution in [3.8, 4) is 0 Å². The monoisotopic (exact) mass is 857 g/mol. The first-order chi connectivity index (χ1) is 28.7. The van der Waals surface area contributed by atoms with E-state index in [2.05, 4.69) is 50.3 Å². The minimum atomic E-state index is -4.62. The van der Waals surface area contributed by atoms with Gasteiger partial charge in [0.05, 0.1) is 19.8 Å². The Hall–Kier alpha value is -1.81. The molecular formula is C48H89O10P. The van der Waals surface area contributed by atoms with Crippen molar-refractivity contribution in [1.29, 1.82) is 0 Å². The first-order valence-corrected chi connectivity index (χ1v) is 25.4. The van der Waals surface area contributed by atoms with Gasteiger partial charge >= 0.3 is 19.8 Å². The molecule has 346 valence electrons. The van der Waals surface area contributed by atoms with Crippen LogP contribution in [-0.4, -0.2) is 65.7 Å². The highest BCUT2D eigenvalue weighted by Crippen LogP contribution is 2.43. The zero-order valence-corrected chi connectivity index (χ0v) is 38.6. The fourth-order valence-corrected chi connectivity index (χ4v) is 7.45. The molecule has 10 nitrogen and oxygen atoms in total. The van der Waals surface area contributed by atoms with E-state index in [9.17, 15) is 24.2 Å². The van der Waals surface area contributed by atoms with Gasteiger partial charge in [0.1, 0.15) is 12.7 Å². The van der Waals surface area contributed by atoms with Crippen molar-refractivity contribution in [2.24, 2.45) is 0 Å². The van der Waals surface area contributed by atoms with E-state index in [0.717, 1.165) is 70.6 Å². The maximum Gasteiger partial charge on any atom is 0.472 e. The Morgan fingerprint density at radius 1 is 0.525 bits per heavy atom. The average molecular weight is 857 g/mol. The number of carbonyl (C=O) groups excluding carboxylic acids is 2. The first-order valence-electron chi connectivity index (χ1n) is 23.9. The van der Waals surface area contributed by atoms with Crippen molar-refractivity contribution in [3.63, 3.8) is 0 Å². The van der Waals surface area contributed by atoms with Crippen LogP contribution in [0.25, 0.3) is 0 Å². The summed E-state index contributed by atoms with van der Waals surface area (Å²) in [7, 11) is -4.62. The van der Waals surface area contributed by atoms with Gasteiger partial charge in [0.15, 0.2) is 6.10 Å². The summed E-state index contributed by atoms with van der Waals surface area (Å²) < 4.78 is 32.8. The summed E-state index contributed by atoms with van der Waals surface area (Å²) in [4.78, 5) is 35.1. The molecule has 0 saturated heterocycles. The molecule has 0 radical (unpaired) electrons. The third-order valence-corrected chi connectivity index (χ3v) is 11.3. The van der Waals surface area contributed by atoms with E-state index in [0.29, 0.717) is 12.8 Å². The number of aliphatic hydroxyl groups is 2. The quantitative estimate of drug-likeness (QED) is 0.0234. The molecule has 0 aliphatic carbocycles. The van der Waals surface area contributed by atoms with Gasteiger partial charge in [-0.25, -0.2) is 4.57 Å². The standard InChI is InChI=1S/C48H89O10P/c1-3-5-7-9-11-13-15-17-19-20-21-22-23-24-26-28-30-32-34-36-38-40-48(52)58-46(44-57-59(53,54)56-42-45(50)41-49)43-55-47(51)39-37-35-33-31-29-27-25-18-16-14-12-10-8-6-4-2/h6,8,12,14,18,25,45-46,49-50H,3-5,7,9-11,13,15-17,19-24,26-44H2,1-2H3,(H,53,54)/b8-6+,14-12+,25-18+/t45-,46+/m0/s1. The Morgan fingerprint density at radius 3 is 1.41 bits per heavy atom. The summed E-state index contributed by atoms with van der Waals surface area (Å²) in [6.07, 6.45) is 46.9. The molecule has 0 spiro atoms. The van der Waals surface area contributed by atoms with E-state index < -0.39 is 51.8 Å². The summed E-state index contributed by atoms with van der Waals surface area (Å²) in [5.41, 5.74) is 0. The lowest BCUT2D eigenvalue weighted by molar-refractivity contribution is -0.161. The molecule has 0 rings (SSSR count). The third-order valence-electron chi connectivity index (χ3n) is 10.3. The number of hydrogen-bond acceptors (Lipinski definition) is 9. The summed E-state index contributed by atoms with van der Waals surface area (Å²) in [5.74, 6) is -0.936. The maximum atomic E-state index is 12.7. The van der Waals surface area contributed by atoms with Crippen LogP contribution in [-0.2, 0) is 32.7 Å². The fourth-order valence-electron chi connectivity index (χ4n) is 6.66. The highest BCUT2D eigenvalue weighted by molar-refractivity contribution is 7.47. The van der Waals surface area contributed by atoms with Crippen LogP contribution in [0.15, 0.2) is 36.5 Å². The molecule has 0 aromatic rings. The molecule has 0 aromatic heterocycles. The lowest BCUT2D eigenvalue weighted by atomic mass is 10.0. The smallest absolute Gasteiger partial charge is 0.462 e. The molecular weight excluding hydrogens is 767 g/mol. The van der Waals surface area contributed by atoms with Crippen LogP contribution in [0, 0.1) is 0 Å². The molecule has 0 aliphatic heterocycles. The number of allylic oxidation sites excluding steroid dienone is 6. The van der Waals surface area contributed by atoms with Gasteiger partial charge in [-0.1, -0.05) is 198 Å². The van der Waals surface area contributed by atoms with Crippen LogP contribution in [0.1, 0.15) is 219 Å². The van der Waals surface area contributed by atoms with Gasteiger partial charge in [-0.2, -0.15) is 0 Å². The molecule has 0 amide bonds.